The van der Waals surface area contributed by atoms with Crippen LogP contribution in [0.1, 0.15) is 25.3 Å². The lowest BCUT2D eigenvalue weighted by Crippen LogP contribution is -2.20. The Balaban J connectivity index is 1.54. The fraction of sp³-hybridized carbons (Fsp3) is 0.240. The van der Waals surface area contributed by atoms with Crippen molar-refractivity contribution in [1.82, 2.24) is 30.1 Å². The van der Waals surface area contributed by atoms with E-state index in [9.17, 15) is 9.18 Å². The zero-order valence-electron chi connectivity index (χ0n) is 19.6. The van der Waals surface area contributed by atoms with Gasteiger partial charge in [-0.1, -0.05) is 29.8 Å². The number of nitrogens with one attached hydrogen (secondary N) is 1. The Morgan fingerprint density at radius 3 is 2.75 bits per heavy atom. The molecule has 11 heteroatoms. The van der Waals surface area contributed by atoms with Gasteiger partial charge in [0.25, 0.3) is 0 Å². The van der Waals surface area contributed by atoms with Gasteiger partial charge in [-0.3, -0.25) is 9.69 Å². The summed E-state index contributed by atoms with van der Waals surface area (Å²) in [6.07, 6.45) is 4.01. The molecule has 1 fully saturated rings. The molecule has 3 heterocycles. The number of amides is 1. The van der Waals surface area contributed by atoms with Crippen molar-refractivity contribution in [3.05, 3.63) is 65.1 Å². The van der Waals surface area contributed by atoms with E-state index >= 15 is 0 Å². The molecule has 36 heavy (non-hydrogen) atoms. The van der Waals surface area contributed by atoms with Crippen molar-refractivity contribution in [3.63, 3.8) is 0 Å². The zero-order valence-corrected chi connectivity index (χ0v) is 20.3. The number of likely N-dealkylation sites (tertiary alicyclic amines) is 1. The maximum Gasteiger partial charge on any atom is 0.221 e. The summed E-state index contributed by atoms with van der Waals surface area (Å²) in [7, 11) is 0. The van der Waals surface area contributed by atoms with Gasteiger partial charge >= 0.3 is 0 Å². The smallest absolute Gasteiger partial charge is 0.221 e. The van der Waals surface area contributed by atoms with Crippen LogP contribution in [-0.4, -0.2) is 49.1 Å². The molecule has 0 spiro atoms. The number of benzene rings is 2. The van der Waals surface area contributed by atoms with E-state index in [2.05, 4.69) is 30.7 Å². The molecule has 4 aromatic rings. The van der Waals surface area contributed by atoms with E-state index in [4.69, 9.17) is 17.3 Å². The predicted octanol–water partition coefficient (Wildman–Crippen LogP) is 4.32. The minimum absolute atomic E-state index is 0.0479. The molecular weight excluding hydrogens is 483 g/mol. The van der Waals surface area contributed by atoms with Gasteiger partial charge in [0.1, 0.15) is 11.5 Å². The summed E-state index contributed by atoms with van der Waals surface area (Å²) in [6, 6.07) is 12.3. The summed E-state index contributed by atoms with van der Waals surface area (Å²) in [5.74, 6) is -0.390. The van der Waals surface area contributed by atoms with Crippen LogP contribution in [-0.2, 0) is 11.3 Å². The van der Waals surface area contributed by atoms with Gasteiger partial charge in [-0.2, -0.15) is 4.68 Å². The van der Waals surface area contributed by atoms with E-state index in [1.807, 2.05) is 18.2 Å². The van der Waals surface area contributed by atoms with Gasteiger partial charge in [-0.05, 0) is 71.8 Å². The normalized spacial score (nSPS) is 13.8. The number of rotatable bonds is 6. The molecule has 2 aromatic heterocycles. The fourth-order valence-electron chi connectivity index (χ4n) is 4.37. The first-order valence-corrected chi connectivity index (χ1v) is 11.9. The molecule has 0 radical (unpaired) electrons. The second kappa shape index (κ2) is 10.00. The molecule has 2 aromatic carbocycles. The van der Waals surface area contributed by atoms with Crippen LogP contribution in [0.5, 0.6) is 0 Å². The van der Waals surface area contributed by atoms with Crippen molar-refractivity contribution in [3.8, 4) is 28.2 Å². The second-order valence-corrected chi connectivity index (χ2v) is 9.09. The number of hydrogen-bond donors (Lipinski definition) is 2. The molecule has 0 aliphatic carbocycles. The molecule has 1 aliphatic rings. The Labute approximate surface area is 212 Å². The molecule has 0 saturated carbocycles. The number of aromatic nitrogens is 5. The number of pyridine rings is 1. The van der Waals surface area contributed by atoms with Gasteiger partial charge in [0.05, 0.1) is 10.6 Å². The van der Waals surface area contributed by atoms with E-state index in [-0.39, 0.29) is 28.3 Å². The van der Waals surface area contributed by atoms with E-state index < -0.39 is 5.82 Å². The van der Waals surface area contributed by atoms with Crippen molar-refractivity contribution in [2.45, 2.75) is 26.3 Å². The Kier molecular flexibility index (Phi) is 6.62. The monoisotopic (exact) mass is 506 g/mol. The number of carbonyl (C=O) groups is 1. The van der Waals surface area contributed by atoms with Crippen molar-refractivity contribution in [1.29, 1.82) is 0 Å². The first-order valence-electron chi connectivity index (χ1n) is 11.5. The van der Waals surface area contributed by atoms with Crippen molar-refractivity contribution >= 4 is 29.0 Å². The topological polar surface area (TPSA) is 115 Å². The number of nitrogens with two attached hydrogens (primary N) is 1. The van der Waals surface area contributed by atoms with Crippen LogP contribution in [0.3, 0.4) is 0 Å². The largest absolute Gasteiger partial charge is 0.383 e. The lowest BCUT2D eigenvalue weighted by Gasteiger charge is -2.19. The van der Waals surface area contributed by atoms with Crippen LogP contribution in [0.2, 0.25) is 5.02 Å². The minimum atomic E-state index is -0.649. The molecule has 5 rings (SSSR count). The van der Waals surface area contributed by atoms with E-state index in [0.717, 1.165) is 42.0 Å². The summed E-state index contributed by atoms with van der Waals surface area (Å²) < 4.78 is 15.9. The van der Waals surface area contributed by atoms with Crippen molar-refractivity contribution in [2.24, 2.45) is 0 Å². The lowest BCUT2D eigenvalue weighted by atomic mass is 10.0. The number of nitrogen functional groups attached to an aromatic ring is 1. The van der Waals surface area contributed by atoms with Gasteiger partial charge in [0, 0.05) is 30.9 Å². The molecule has 184 valence electrons. The Morgan fingerprint density at radius 1 is 1.17 bits per heavy atom. The van der Waals surface area contributed by atoms with Crippen LogP contribution >= 0.6 is 11.6 Å². The van der Waals surface area contributed by atoms with Crippen LogP contribution in [0.25, 0.3) is 28.2 Å². The molecular formula is C25H24ClFN8O. The van der Waals surface area contributed by atoms with Crippen LogP contribution in [0.4, 0.5) is 15.9 Å². The first-order chi connectivity index (χ1) is 17.4. The molecule has 1 aliphatic heterocycles. The van der Waals surface area contributed by atoms with Crippen molar-refractivity contribution < 1.29 is 9.18 Å². The maximum absolute atomic E-state index is 14.7. The highest BCUT2D eigenvalue weighted by molar-refractivity contribution is 6.30. The number of carbonyl (C=O) groups excluding carboxylic acids is 1. The van der Waals surface area contributed by atoms with E-state index in [1.54, 1.807) is 18.3 Å². The SMILES string of the molecule is CC(=O)Nc1cc(-c2cnc(N)c(-c3nnnn3-c3cccc(Cl)c3F)c2)ccc1CN1CCCC1. The fourth-order valence-corrected chi connectivity index (χ4v) is 4.54. The maximum atomic E-state index is 14.7. The van der Waals surface area contributed by atoms with Gasteiger partial charge in [-0.25, -0.2) is 9.37 Å². The number of halogens is 2. The third-order valence-corrected chi connectivity index (χ3v) is 6.43. The molecule has 0 atom stereocenters. The molecule has 3 N–H and O–H groups in total. The number of anilines is 2. The predicted molar refractivity (Wildman–Crippen MR) is 136 cm³/mol. The van der Waals surface area contributed by atoms with Gasteiger partial charge < -0.3 is 11.1 Å². The quantitative estimate of drug-likeness (QED) is 0.400. The molecule has 1 amide bonds. The molecule has 9 nitrogen and oxygen atoms in total. The third-order valence-electron chi connectivity index (χ3n) is 6.13. The number of hydrogen-bond acceptors (Lipinski definition) is 7. The average molecular weight is 507 g/mol. The average Bonchev–Trinajstić information content (AvgIpc) is 3.54. The summed E-state index contributed by atoms with van der Waals surface area (Å²) in [5, 5.41) is 14.6. The molecule has 0 bridgehead atoms. The van der Waals surface area contributed by atoms with Crippen LogP contribution in [0.15, 0.2) is 48.7 Å². The highest BCUT2D eigenvalue weighted by Crippen LogP contribution is 2.33. The summed E-state index contributed by atoms with van der Waals surface area (Å²) in [6.45, 7) is 4.36. The standard InChI is InChI=1S/C25H24ClFN8O/c1-15(36)30-21-12-16(7-8-17(21)14-34-9-2-3-10-34)18-11-19(24(28)29-13-18)25-31-32-33-35(25)22-6-4-5-20(26)23(22)27/h4-8,11-13H,2-3,9-10,14H2,1H3,(H2,28,29)(H,30,36). The Bertz CT molecular complexity index is 1430. The van der Waals surface area contributed by atoms with Gasteiger partial charge in [0.15, 0.2) is 11.6 Å². The molecule has 1 saturated heterocycles. The third kappa shape index (κ3) is 4.77. The van der Waals surface area contributed by atoms with Crippen LogP contribution in [0, 0.1) is 5.82 Å². The van der Waals surface area contributed by atoms with Crippen LogP contribution < -0.4 is 11.1 Å². The summed E-state index contributed by atoms with van der Waals surface area (Å²) in [4.78, 5) is 18.6. The first kappa shape index (κ1) is 23.8. The zero-order chi connectivity index (χ0) is 25.2. The van der Waals surface area contributed by atoms with Gasteiger partial charge in [-0.15, -0.1) is 5.10 Å². The Morgan fingerprint density at radius 2 is 1.97 bits per heavy atom. The minimum Gasteiger partial charge on any atom is -0.383 e. The summed E-state index contributed by atoms with van der Waals surface area (Å²) >= 11 is 5.96. The Hall–Kier alpha value is -3.89. The number of tetrazole rings is 1. The highest BCUT2D eigenvalue weighted by Gasteiger charge is 2.20. The van der Waals surface area contributed by atoms with Crippen molar-refractivity contribution in [2.75, 3.05) is 24.1 Å². The molecule has 0 unspecified atom stereocenters. The second-order valence-electron chi connectivity index (χ2n) is 8.68. The van der Waals surface area contributed by atoms with E-state index in [1.165, 1.54) is 36.6 Å². The lowest BCUT2D eigenvalue weighted by molar-refractivity contribution is -0.114. The van der Waals surface area contributed by atoms with Gasteiger partial charge in [0.2, 0.25) is 5.91 Å². The number of nitrogens with zero attached hydrogens (tertiary/aromatic N) is 6. The summed E-state index contributed by atoms with van der Waals surface area (Å²) in [5.41, 5.74) is 10.1. The van der Waals surface area contributed by atoms with E-state index in [0.29, 0.717) is 5.56 Å². The highest BCUT2D eigenvalue weighted by atomic mass is 35.5.